The molecule has 39 heteroatoms. The lowest BCUT2D eigenvalue weighted by Gasteiger charge is -2.37. The van der Waals surface area contributed by atoms with E-state index in [4.69, 9.17) is 29.4 Å². The highest BCUT2D eigenvalue weighted by molar-refractivity contribution is 5.96. The Morgan fingerprint density at radius 2 is 0.815 bits per heavy atom. The molecule has 710 valence electrons. The molecule has 9 amide bonds. The Morgan fingerprint density at radius 1 is 0.431 bits per heavy atom. The molecule has 4 atom stereocenters. The number of nitrogens with two attached hydrogens (primary N) is 1. The number of aromatic hydroxyl groups is 4. The zero-order chi connectivity index (χ0) is 95.5. The average Bonchev–Trinajstić information content (AvgIpc) is 1.62. The predicted octanol–water partition coefficient (Wildman–Crippen LogP) is 5.32. The van der Waals surface area contributed by atoms with E-state index in [1.165, 1.54) is 16.7 Å². The van der Waals surface area contributed by atoms with Crippen molar-refractivity contribution in [1.29, 1.82) is 0 Å². The molecular formula is C91H130N18O21. The smallest absolute Gasteiger partial charge is 0.306 e. The number of rotatable bonds is 44. The lowest BCUT2D eigenvalue weighted by molar-refractivity contribution is -0.156. The van der Waals surface area contributed by atoms with Crippen molar-refractivity contribution in [3.63, 3.8) is 0 Å². The third-order valence-corrected chi connectivity index (χ3v) is 20.9. The van der Waals surface area contributed by atoms with Crippen LogP contribution in [0.5, 0.6) is 23.0 Å². The Labute approximate surface area is 757 Å². The number of hydrogen-bond acceptors (Lipinski definition) is 28. The van der Waals surface area contributed by atoms with E-state index in [0.29, 0.717) is 87.9 Å². The van der Waals surface area contributed by atoms with Gasteiger partial charge in [-0.25, -0.2) is 0 Å². The Kier molecular flexibility index (Phi) is 38.0. The number of benzene rings is 4. The second kappa shape index (κ2) is 47.9. The van der Waals surface area contributed by atoms with Crippen LogP contribution < -0.4 is 43.0 Å². The lowest BCUT2D eigenvalue weighted by atomic mass is 9.98. The van der Waals surface area contributed by atoms with E-state index in [1.54, 1.807) is 115 Å². The van der Waals surface area contributed by atoms with Gasteiger partial charge in [0, 0.05) is 147 Å². The fourth-order valence-electron chi connectivity index (χ4n) is 14.6. The zero-order valence-electron chi connectivity index (χ0n) is 77.3. The number of amides is 9. The maximum absolute atomic E-state index is 15.0. The SMILES string of the molecule is CCNC(=O)c1nnc(-c2cc(C(C)C)c(O)cc2O)n1-c1ccc(CN2CCN(C(=O)CC[C@H](NC(=O)CCNC(=O)[C@@H](CCC(=O)OC(C)(C)C)NC(=O)[C@@H](CCC(=O)OC(C)(C)C)NC(=O)[C@@H](CCC(=O)OC(C)(C)C)NC(=O)COCCOCCN)C(=O)N3CCN(Cc4ccc(-n5c(C(=O)NCC)nnc5-c5cc(C(C)C)c(O)cc5O)cc4)CC3)CC2)cc1. The molecule has 0 saturated carbocycles. The van der Waals surface area contributed by atoms with Gasteiger partial charge in [-0.15, -0.1) is 20.4 Å². The normalized spacial score (nSPS) is 14.4. The predicted molar refractivity (Wildman–Crippen MR) is 479 cm³/mol. The molecular weight excluding hydrogens is 1680 g/mol. The van der Waals surface area contributed by atoms with Crippen molar-refractivity contribution < 1.29 is 102 Å². The Bertz CT molecular complexity index is 4900. The lowest BCUT2D eigenvalue weighted by Crippen LogP contribution is -2.57. The van der Waals surface area contributed by atoms with Crippen LogP contribution in [0.15, 0.2) is 72.8 Å². The van der Waals surface area contributed by atoms with Crippen LogP contribution in [-0.2, 0) is 84.7 Å². The Balaban J connectivity index is 0.984. The van der Waals surface area contributed by atoms with Crippen molar-refractivity contribution in [2.75, 3.05) is 105 Å². The van der Waals surface area contributed by atoms with Gasteiger partial charge in [0.1, 0.15) is 70.6 Å². The highest BCUT2D eigenvalue weighted by Gasteiger charge is 2.37. The molecule has 4 heterocycles. The van der Waals surface area contributed by atoms with Gasteiger partial charge in [-0.3, -0.25) is 76.5 Å². The molecule has 2 aromatic heterocycles. The average molecular weight is 1810 g/mol. The summed E-state index contributed by atoms with van der Waals surface area (Å²) in [5, 5.41) is 79.5. The molecule has 130 heavy (non-hydrogen) atoms. The fourth-order valence-corrected chi connectivity index (χ4v) is 14.6. The monoisotopic (exact) mass is 1810 g/mol. The van der Waals surface area contributed by atoms with Gasteiger partial charge in [-0.1, -0.05) is 52.0 Å². The van der Waals surface area contributed by atoms with Crippen molar-refractivity contribution in [2.24, 2.45) is 5.73 Å². The quantitative estimate of drug-likeness (QED) is 0.0131. The number of phenolic OH excluding ortho intramolecular Hbond substituents is 4. The summed E-state index contributed by atoms with van der Waals surface area (Å²) in [6.45, 7) is 29.8. The summed E-state index contributed by atoms with van der Waals surface area (Å²) in [6, 6.07) is 14.5. The maximum atomic E-state index is 15.0. The van der Waals surface area contributed by atoms with Crippen LogP contribution in [0.1, 0.15) is 217 Å². The second-order valence-corrected chi connectivity index (χ2v) is 35.6. The molecule has 0 aliphatic carbocycles. The fraction of sp³-hybridized carbons (Fsp3) is 0.560. The van der Waals surface area contributed by atoms with Crippen LogP contribution in [0.4, 0.5) is 0 Å². The number of aromatic nitrogens is 6. The number of nitrogens with one attached hydrogen (secondary N) is 7. The van der Waals surface area contributed by atoms with Crippen LogP contribution in [0.3, 0.4) is 0 Å². The van der Waals surface area contributed by atoms with Gasteiger partial charge in [0.05, 0.1) is 30.9 Å². The first-order valence-electron chi connectivity index (χ1n) is 44.2. The first-order chi connectivity index (χ1) is 61.4. The van der Waals surface area contributed by atoms with E-state index in [9.17, 15) is 73.2 Å². The summed E-state index contributed by atoms with van der Waals surface area (Å²) < 4.78 is 30.4. The van der Waals surface area contributed by atoms with Gasteiger partial charge in [0.25, 0.3) is 11.8 Å². The highest BCUT2D eigenvalue weighted by Crippen LogP contribution is 2.41. The molecule has 2 aliphatic heterocycles. The van der Waals surface area contributed by atoms with Gasteiger partial charge in [0.15, 0.2) is 11.6 Å². The van der Waals surface area contributed by atoms with Crippen molar-refractivity contribution >= 4 is 71.1 Å². The zero-order valence-corrected chi connectivity index (χ0v) is 77.3. The van der Waals surface area contributed by atoms with Gasteiger partial charge >= 0.3 is 17.9 Å². The molecule has 4 aromatic carbocycles. The molecule has 13 N–H and O–H groups in total. The molecule has 0 unspecified atom stereocenters. The highest BCUT2D eigenvalue weighted by atomic mass is 16.6. The Hall–Kier alpha value is -12.2. The summed E-state index contributed by atoms with van der Waals surface area (Å²) in [5.41, 5.74) is 7.06. The number of nitrogens with zero attached hydrogens (tertiary/aromatic N) is 10. The number of carbonyl (C=O) groups is 12. The van der Waals surface area contributed by atoms with Gasteiger partial charge in [-0.2, -0.15) is 0 Å². The molecule has 0 radical (unpaired) electrons. The summed E-state index contributed by atoms with van der Waals surface area (Å²) in [5.74, 6) is -9.03. The summed E-state index contributed by atoms with van der Waals surface area (Å²) in [4.78, 5) is 175. The standard InChI is InChI=1S/C91H130N18O21/c1-16-93-86(123)81-102-100-79(63-48-61(55(3)4)69(110)50-71(63)112)108(81)59-22-18-57(19-23-59)52-104-37-41-106(42-38-104)75(116)30-26-68(88(125)107-43-39-105(40-44-107)53-58-20-24-60(25-21-58)109-80(101-103-82(109)87(124)94-17-2)64-49-62(56(5)6)70(111)51-72(64)113)97-73(114)34-36-95-83(120)65(27-31-76(117)128-89(7,8)9)98-85(122)67(29-33-78(119)130-91(13,14)15)99-84(121)66(28-32-77(118)129-90(10,11)12)96-74(115)54-127-47-46-126-45-35-92/h18-25,48-51,55-56,65-68,110-113H,16-17,26-47,52-54,92H2,1-15H3,(H,93,123)(H,94,124)(H,95,120)(H,96,115)(H,97,114)(H,98,122)(H,99,121)/t65-,66-,67-,68+/m1/s1. The summed E-state index contributed by atoms with van der Waals surface area (Å²) in [6.07, 6.45) is -3.14. The maximum Gasteiger partial charge on any atom is 0.306 e. The minimum absolute atomic E-state index is 0.00970. The third kappa shape index (κ3) is 31.3. The molecule has 6 aromatic rings. The van der Waals surface area contributed by atoms with Gasteiger partial charge in [0.2, 0.25) is 53.0 Å². The van der Waals surface area contributed by atoms with Crippen molar-refractivity contribution in [2.45, 2.75) is 228 Å². The first-order valence-corrected chi connectivity index (χ1v) is 44.2. The van der Waals surface area contributed by atoms with E-state index in [2.05, 4.69) is 67.4 Å². The van der Waals surface area contributed by atoms with Gasteiger partial charge in [-0.05, 0) is 172 Å². The van der Waals surface area contributed by atoms with Gasteiger partial charge < -0.3 is 96.9 Å². The molecule has 0 bridgehead atoms. The van der Waals surface area contributed by atoms with Crippen molar-refractivity contribution in [1.82, 2.24) is 86.3 Å². The van der Waals surface area contributed by atoms with Crippen LogP contribution >= 0.6 is 0 Å². The summed E-state index contributed by atoms with van der Waals surface area (Å²) >= 11 is 0. The minimum atomic E-state index is -1.64. The number of carbonyl (C=O) groups excluding carboxylic acids is 12. The number of esters is 3. The number of phenols is 4. The Morgan fingerprint density at radius 3 is 1.22 bits per heavy atom. The first kappa shape index (κ1) is 103. The van der Waals surface area contributed by atoms with Crippen LogP contribution in [-0.4, -0.2) is 287 Å². The third-order valence-electron chi connectivity index (χ3n) is 20.9. The number of ether oxygens (including phenoxy) is 5. The van der Waals surface area contributed by atoms with Crippen molar-refractivity contribution in [3.8, 4) is 57.1 Å². The molecule has 2 aliphatic rings. The largest absolute Gasteiger partial charge is 0.508 e. The summed E-state index contributed by atoms with van der Waals surface area (Å²) in [7, 11) is 0. The van der Waals surface area contributed by atoms with Crippen LogP contribution in [0.2, 0.25) is 0 Å². The second-order valence-electron chi connectivity index (χ2n) is 35.6. The molecule has 39 nitrogen and oxygen atoms in total. The topological polar surface area (TPSA) is 517 Å². The van der Waals surface area contributed by atoms with E-state index in [1.807, 2.05) is 64.1 Å². The van der Waals surface area contributed by atoms with E-state index in [0.717, 1.165) is 11.1 Å². The molecule has 2 fully saturated rings. The molecule has 2 saturated heterocycles. The van der Waals surface area contributed by atoms with E-state index in [-0.39, 0.29) is 147 Å². The minimum Gasteiger partial charge on any atom is -0.508 e. The molecule has 8 rings (SSSR count). The van der Waals surface area contributed by atoms with Crippen molar-refractivity contribution in [3.05, 3.63) is 107 Å². The molecule has 0 spiro atoms. The number of hydrogen-bond donors (Lipinski definition) is 12. The van der Waals surface area contributed by atoms with E-state index >= 15 is 4.79 Å². The number of piperazine rings is 2. The van der Waals surface area contributed by atoms with E-state index < -0.39 is 145 Å². The van der Waals surface area contributed by atoms with Crippen LogP contribution in [0.25, 0.3) is 34.2 Å². The van der Waals surface area contributed by atoms with Crippen LogP contribution in [0, 0.1) is 0 Å².